The van der Waals surface area contributed by atoms with Crippen molar-refractivity contribution in [3.05, 3.63) is 24.3 Å². The smallest absolute Gasteiger partial charge is 0.119 e. The molecule has 0 aromatic heterocycles. The molecule has 3 nitrogen and oxygen atoms in total. The van der Waals surface area contributed by atoms with E-state index >= 15 is 0 Å². The molecular weight excluding hydrogens is 188 g/mol. The summed E-state index contributed by atoms with van der Waals surface area (Å²) in [5.41, 5.74) is 6.38. The molecule has 0 spiro atoms. The maximum atomic E-state index is 5.84. The van der Waals surface area contributed by atoms with Crippen molar-refractivity contribution in [2.45, 2.75) is 31.9 Å². The molecule has 2 atom stereocenters. The maximum absolute atomic E-state index is 5.84. The minimum atomic E-state index is 0.219. The third-order valence-corrected chi connectivity index (χ3v) is 2.87. The third-order valence-electron chi connectivity index (χ3n) is 2.87. The fourth-order valence-corrected chi connectivity index (χ4v) is 1.96. The minimum absolute atomic E-state index is 0.219. The second-order valence-electron chi connectivity index (χ2n) is 4.09. The standard InChI is InChI=1S/C12H18N2O/c1-9(12-3-2-8-14-12)15-11-6-4-10(13)5-7-11/h4-7,9,12,14H,2-3,8,13H2,1H3. The summed E-state index contributed by atoms with van der Waals surface area (Å²) in [4.78, 5) is 0. The Bertz CT molecular complexity index is 304. The third kappa shape index (κ3) is 2.63. The summed E-state index contributed by atoms with van der Waals surface area (Å²) in [5, 5.41) is 3.44. The molecule has 15 heavy (non-hydrogen) atoms. The largest absolute Gasteiger partial charge is 0.489 e. The summed E-state index contributed by atoms with van der Waals surface area (Å²) in [7, 11) is 0. The molecule has 0 aliphatic carbocycles. The molecule has 1 aliphatic rings. The summed E-state index contributed by atoms with van der Waals surface area (Å²) >= 11 is 0. The summed E-state index contributed by atoms with van der Waals surface area (Å²) < 4.78 is 5.84. The Morgan fingerprint density at radius 3 is 2.73 bits per heavy atom. The van der Waals surface area contributed by atoms with E-state index in [9.17, 15) is 0 Å². The first-order valence-electron chi connectivity index (χ1n) is 5.51. The fraction of sp³-hybridized carbons (Fsp3) is 0.500. The van der Waals surface area contributed by atoms with Crippen molar-refractivity contribution in [2.24, 2.45) is 0 Å². The fourth-order valence-electron chi connectivity index (χ4n) is 1.96. The quantitative estimate of drug-likeness (QED) is 0.741. The van der Waals surface area contributed by atoms with Crippen molar-refractivity contribution >= 4 is 5.69 Å². The van der Waals surface area contributed by atoms with Crippen LogP contribution >= 0.6 is 0 Å². The number of benzene rings is 1. The highest BCUT2D eigenvalue weighted by Gasteiger charge is 2.21. The zero-order valence-corrected chi connectivity index (χ0v) is 9.07. The monoisotopic (exact) mass is 206 g/mol. The summed E-state index contributed by atoms with van der Waals surface area (Å²) in [6.07, 6.45) is 2.67. The number of anilines is 1. The van der Waals surface area contributed by atoms with Crippen LogP contribution < -0.4 is 15.8 Å². The van der Waals surface area contributed by atoms with Gasteiger partial charge in [-0.3, -0.25) is 0 Å². The van der Waals surface area contributed by atoms with Crippen molar-refractivity contribution in [1.82, 2.24) is 5.32 Å². The van der Waals surface area contributed by atoms with Gasteiger partial charge in [0.05, 0.1) is 0 Å². The van der Waals surface area contributed by atoms with Gasteiger partial charge >= 0.3 is 0 Å². The Kier molecular flexibility index (Phi) is 3.11. The van der Waals surface area contributed by atoms with Crippen molar-refractivity contribution in [1.29, 1.82) is 0 Å². The lowest BCUT2D eigenvalue weighted by atomic mass is 10.1. The Labute approximate surface area is 90.6 Å². The van der Waals surface area contributed by atoms with Gasteiger partial charge in [-0.25, -0.2) is 0 Å². The van der Waals surface area contributed by atoms with E-state index < -0.39 is 0 Å². The molecule has 1 aliphatic heterocycles. The highest BCUT2D eigenvalue weighted by Crippen LogP contribution is 2.18. The average Bonchev–Trinajstić information content (AvgIpc) is 2.74. The van der Waals surface area contributed by atoms with Crippen LogP contribution in [0.25, 0.3) is 0 Å². The molecule has 1 heterocycles. The molecule has 0 saturated carbocycles. The van der Waals surface area contributed by atoms with E-state index in [1.165, 1.54) is 12.8 Å². The number of rotatable bonds is 3. The van der Waals surface area contributed by atoms with Crippen LogP contribution in [0.15, 0.2) is 24.3 Å². The molecule has 1 aromatic rings. The van der Waals surface area contributed by atoms with E-state index in [4.69, 9.17) is 10.5 Å². The number of nitrogens with two attached hydrogens (primary N) is 1. The summed E-state index contributed by atoms with van der Waals surface area (Å²) in [6.45, 7) is 3.22. The van der Waals surface area contributed by atoms with Crippen LogP contribution in [-0.4, -0.2) is 18.7 Å². The van der Waals surface area contributed by atoms with Gasteiger partial charge in [-0.05, 0) is 50.6 Å². The van der Waals surface area contributed by atoms with Gasteiger partial charge in [0.15, 0.2) is 0 Å². The molecular formula is C12H18N2O. The van der Waals surface area contributed by atoms with Crippen molar-refractivity contribution < 1.29 is 4.74 Å². The van der Waals surface area contributed by atoms with Gasteiger partial charge in [0, 0.05) is 11.7 Å². The summed E-state index contributed by atoms with van der Waals surface area (Å²) in [6, 6.07) is 8.05. The second-order valence-corrected chi connectivity index (χ2v) is 4.09. The SMILES string of the molecule is CC(Oc1ccc(N)cc1)C1CCCN1. The van der Waals surface area contributed by atoms with Gasteiger partial charge in [-0.1, -0.05) is 0 Å². The average molecular weight is 206 g/mol. The number of ether oxygens (including phenoxy) is 1. The van der Waals surface area contributed by atoms with Gasteiger partial charge < -0.3 is 15.8 Å². The van der Waals surface area contributed by atoms with Crippen LogP contribution in [0.4, 0.5) is 5.69 Å². The first kappa shape index (κ1) is 10.3. The molecule has 1 fully saturated rings. The van der Waals surface area contributed by atoms with Gasteiger partial charge in [-0.2, -0.15) is 0 Å². The van der Waals surface area contributed by atoms with Gasteiger partial charge in [-0.15, -0.1) is 0 Å². The van der Waals surface area contributed by atoms with E-state index in [1.807, 2.05) is 24.3 Å². The summed E-state index contributed by atoms with van der Waals surface area (Å²) in [5.74, 6) is 0.894. The molecule has 0 radical (unpaired) electrons. The highest BCUT2D eigenvalue weighted by atomic mass is 16.5. The van der Waals surface area contributed by atoms with Crippen molar-refractivity contribution in [2.75, 3.05) is 12.3 Å². The molecule has 0 amide bonds. The topological polar surface area (TPSA) is 47.3 Å². The molecule has 1 aromatic carbocycles. The van der Waals surface area contributed by atoms with E-state index in [0.29, 0.717) is 6.04 Å². The van der Waals surface area contributed by atoms with E-state index in [1.54, 1.807) is 0 Å². The molecule has 3 heteroatoms. The highest BCUT2D eigenvalue weighted by molar-refractivity contribution is 5.41. The number of hydrogen-bond donors (Lipinski definition) is 2. The van der Waals surface area contributed by atoms with Crippen LogP contribution in [0.5, 0.6) is 5.75 Å². The number of hydrogen-bond acceptors (Lipinski definition) is 3. The van der Waals surface area contributed by atoms with Crippen LogP contribution in [0, 0.1) is 0 Å². The lowest BCUT2D eigenvalue weighted by Crippen LogP contribution is -2.36. The Morgan fingerprint density at radius 2 is 2.13 bits per heavy atom. The molecule has 1 saturated heterocycles. The van der Waals surface area contributed by atoms with E-state index in [2.05, 4.69) is 12.2 Å². The van der Waals surface area contributed by atoms with E-state index in [0.717, 1.165) is 18.0 Å². The number of nitrogen functional groups attached to an aromatic ring is 1. The van der Waals surface area contributed by atoms with Crippen LogP contribution in [-0.2, 0) is 0 Å². The predicted octanol–water partition coefficient (Wildman–Crippen LogP) is 1.79. The zero-order chi connectivity index (χ0) is 10.7. The van der Waals surface area contributed by atoms with Crippen LogP contribution in [0.2, 0.25) is 0 Å². The molecule has 2 rings (SSSR count). The molecule has 3 N–H and O–H groups in total. The first-order chi connectivity index (χ1) is 7.25. The zero-order valence-electron chi connectivity index (χ0n) is 9.07. The molecule has 0 bridgehead atoms. The maximum Gasteiger partial charge on any atom is 0.119 e. The van der Waals surface area contributed by atoms with Crippen LogP contribution in [0.3, 0.4) is 0 Å². The van der Waals surface area contributed by atoms with Crippen molar-refractivity contribution in [3.63, 3.8) is 0 Å². The van der Waals surface area contributed by atoms with Gasteiger partial charge in [0.1, 0.15) is 11.9 Å². The van der Waals surface area contributed by atoms with Crippen molar-refractivity contribution in [3.8, 4) is 5.75 Å². The lowest BCUT2D eigenvalue weighted by molar-refractivity contribution is 0.180. The number of nitrogens with one attached hydrogen (secondary N) is 1. The predicted molar refractivity (Wildman–Crippen MR) is 62.0 cm³/mol. The normalized spacial score (nSPS) is 22.6. The van der Waals surface area contributed by atoms with Gasteiger partial charge in [0.2, 0.25) is 0 Å². The molecule has 2 unspecified atom stereocenters. The van der Waals surface area contributed by atoms with Gasteiger partial charge in [0.25, 0.3) is 0 Å². The Morgan fingerprint density at radius 1 is 1.40 bits per heavy atom. The second kappa shape index (κ2) is 4.53. The lowest BCUT2D eigenvalue weighted by Gasteiger charge is -2.21. The first-order valence-corrected chi connectivity index (χ1v) is 5.51. The van der Waals surface area contributed by atoms with Crippen LogP contribution in [0.1, 0.15) is 19.8 Å². The van der Waals surface area contributed by atoms with E-state index in [-0.39, 0.29) is 6.10 Å². The molecule has 82 valence electrons. The minimum Gasteiger partial charge on any atom is -0.489 e. The Balaban J connectivity index is 1.92. The Hall–Kier alpha value is -1.22.